The Hall–Kier alpha value is -0.460. The fraction of sp³-hybridized carbons (Fsp3) is 0.667. The molecule has 0 aromatic heterocycles. The van der Waals surface area contributed by atoms with E-state index in [2.05, 4.69) is 0 Å². The fourth-order valence-corrected chi connectivity index (χ4v) is 9.03. The first-order chi connectivity index (χ1) is 9.64. The van der Waals surface area contributed by atoms with E-state index >= 15 is 0 Å². The van der Waals surface area contributed by atoms with Crippen molar-refractivity contribution in [2.75, 3.05) is 20.7 Å². The molecule has 1 rings (SSSR count). The molecule has 0 bridgehead atoms. The van der Waals surface area contributed by atoms with Crippen molar-refractivity contribution in [3.8, 4) is 0 Å². The number of ether oxygens (including phenoxy) is 1. The average Bonchev–Trinajstić information content (AvgIpc) is 2.67. The van der Waals surface area contributed by atoms with Gasteiger partial charge in [0.2, 0.25) is 0 Å². The molecular weight excluding hydrogens is 373 g/mol. The van der Waals surface area contributed by atoms with Crippen LogP contribution in [0.4, 0.5) is 4.79 Å². The summed E-state index contributed by atoms with van der Waals surface area (Å²) < 4.78 is 5.11. The van der Waals surface area contributed by atoms with Crippen LogP contribution in [0, 0.1) is 0 Å². The van der Waals surface area contributed by atoms with Crippen LogP contribution < -0.4 is 0 Å². The third-order valence-electron chi connectivity index (χ3n) is 2.96. The van der Waals surface area contributed by atoms with Crippen molar-refractivity contribution in [1.82, 2.24) is 4.90 Å². The number of aliphatic hydroxyl groups excluding tert-OH is 2. The third-order valence-corrected chi connectivity index (χ3v) is 11.4. The van der Waals surface area contributed by atoms with Crippen LogP contribution in [0.5, 0.6) is 0 Å². The summed E-state index contributed by atoms with van der Waals surface area (Å²) in [5.41, 5.74) is -0.625. The SMILES string of the molecule is CCO.C[CH]1C=C[CH](O)[In]1[C](=O)OC(C)(C)/C=C/N(C)C. The number of hydrogen-bond donors (Lipinski definition) is 2. The molecule has 1 aliphatic rings. The Balaban J connectivity index is 0.00000122. The van der Waals surface area contributed by atoms with Gasteiger partial charge in [-0.2, -0.15) is 0 Å². The van der Waals surface area contributed by atoms with Gasteiger partial charge in [-0.05, 0) is 6.92 Å². The molecule has 0 radical (unpaired) electrons. The molecule has 0 saturated carbocycles. The second-order valence-electron chi connectivity index (χ2n) is 5.88. The molecular formula is C15H28InNO4. The minimum atomic E-state index is -2.74. The van der Waals surface area contributed by atoms with Crippen LogP contribution in [0.3, 0.4) is 0 Å². The van der Waals surface area contributed by atoms with Crippen molar-refractivity contribution in [1.29, 1.82) is 0 Å². The molecule has 1 aliphatic heterocycles. The zero-order chi connectivity index (χ0) is 16.6. The van der Waals surface area contributed by atoms with E-state index in [9.17, 15) is 9.90 Å². The van der Waals surface area contributed by atoms with Crippen LogP contribution in [0.1, 0.15) is 27.7 Å². The van der Waals surface area contributed by atoms with Gasteiger partial charge in [0.15, 0.2) is 0 Å². The molecule has 0 saturated heterocycles. The first-order valence-corrected chi connectivity index (χ1v) is 12.7. The van der Waals surface area contributed by atoms with Crippen molar-refractivity contribution >= 4 is 25.2 Å². The number of hydrogen-bond acceptors (Lipinski definition) is 5. The van der Waals surface area contributed by atoms with Crippen molar-refractivity contribution in [2.45, 2.75) is 40.8 Å². The molecule has 0 spiro atoms. The zero-order valence-corrected chi connectivity index (χ0v) is 17.2. The van der Waals surface area contributed by atoms with Gasteiger partial charge in [-0.3, -0.25) is 0 Å². The van der Waals surface area contributed by atoms with E-state index in [0.29, 0.717) is 0 Å². The summed E-state index contributed by atoms with van der Waals surface area (Å²) in [4.78, 5) is 14.0. The van der Waals surface area contributed by atoms with Gasteiger partial charge in [0, 0.05) is 6.61 Å². The Labute approximate surface area is 135 Å². The van der Waals surface area contributed by atoms with E-state index in [1.54, 1.807) is 13.0 Å². The van der Waals surface area contributed by atoms with Gasteiger partial charge >= 0.3 is 117 Å². The summed E-state index contributed by atoms with van der Waals surface area (Å²) in [6.45, 7) is 7.64. The predicted octanol–water partition coefficient (Wildman–Crippen LogP) is 1.91. The van der Waals surface area contributed by atoms with Gasteiger partial charge in [0.25, 0.3) is 0 Å². The standard InChI is InChI=1S/C8H14NO2.C5H8O.C2H6O.In/c1-8(2,11-7-10)5-6-9(3)4;1-2-3-4-5-6;1-2-3;/h5-6H,1-4H3;2-6H,1H3;3H,2H2,1H3;/b6-5+;;;. The fourth-order valence-electron chi connectivity index (χ4n) is 1.88. The molecule has 21 heavy (non-hydrogen) atoms. The summed E-state index contributed by atoms with van der Waals surface area (Å²) in [5, 5.41) is 17.4. The molecule has 0 aromatic carbocycles. The first-order valence-electron chi connectivity index (χ1n) is 7.20. The molecule has 6 heteroatoms. The number of nitrogens with zero attached hydrogens (tertiary/aromatic N) is 1. The van der Waals surface area contributed by atoms with Crippen LogP contribution in [-0.4, -0.2) is 70.4 Å². The number of aliphatic hydroxyl groups is 2. The molecule has 5 nitrogen and oxygen atoms in total. The van der Waals surface area contributed by atoms with Crippen LogP contribution in [0.25, 0.3) is 0 Å². The van der Waals surface area contributed by atoms with Crippen LogP contribution in [0.2, 0.25) is 3.67 Å². The number of carbonyl (C=O) groups is 1. The third kappa shape index (κ3) is 7.93. The van der Waals surface area contributed by atoms with Crippen molar-refractivity contribution in [2.24, 2.45) is 0 Å². The monoisotopic (exact) mass is 401 g/mol. The average molecular weight is 401 g/mol. The van der Waals surface area contributed by atoms with E-state index < -0.39 is 30.9 Å². The quantitative estimate of drug-likeness (QED) is 0.705. The molecule has 120 valence electrons. The van der Waals surface area contributed by atoms with Gasteiger partial charge in [-0.15, -0.1) is 0 Å². The van der Waals surface area contributed by atoms with E-state index in [1.165, 1.54) is 0 Å². The first kappa shape index (κ1) is 20.5. The molecule has 2 N–H and O–H groups in total. The number of rotatable bonds is 4. The Morgan fingerprint density at radius 3 is 2.33 bits per heavy atom. The summed E-state index contributed by atoms with van der Waals surface area (Å²) in [7, 11) is 3.83. The second kappa shape index (κ2) is 9.54. The summed E-state index contributed by atoms with van der Waals surface area (Å²) in [6, 6.07) is 0. The Morgan fingerprint density at radius 2 is 1.95 bits per heavy atom. The Morgan fingerprint density at radius 1 is 1.43 bits per heavy atom. The van der Waals surface area contributed by atoms with E-state index in [4.69, 9.17) is 9.84 Å². The molecule has 0 amide bonds. The van der Waals surface area contributed by atoms with Gasteiger partial charge in [-0.25, -0.2) is 0 Å². The molecule has 0 fully saturated rings. The maximum atomic E-state index is 12.2. The molecule has 2 unspecified atom stereocenters. The zero-order valence-electron chi connectivity index (χ0n) is 13.9. The summed E-state index contributed by atoms with van der Waals surface area (Å²) in [5.74, 6) is 0. The van der Waals surface area contributed by atoms with E-state index in [-0.39, 0.29) is 14.0 Å². The predicted molar refractivity (Wildman–Crippen MR) is 86.5 cm³/mol. The second-order valence-corrected chi connectivity index (χ2v) is 15.2. The molecule has 0 aromatic rings. The van der Waals surface area contributed by atoms with E-state index in [1.807, 2.05) is 58.1 Å². The normalized spacial score (nSPS) is 21.2. The summed E-state index contributed by atoms with van der Waals surface area (Å²) >= 11 is -2.74. The van der Waals surface area contributed by atoms with Gasteiger partial charge in [-0.1, -0.05) is 0 Å². The number of carbonyl (C=O) groups excluding carboxylic acids is 1. The van der Waals surface area contributed by atoms with Gasteiger partial charge < -0.3 is 5.11 Å². The van der Waals surface area contributed by atoms with Gasteiger partial charge in [0.05, 0.1) is 0 Å². The van der Waals surface area contributed by atoms with Crippen LogP contribution >= 0.6 is 0 Å². The van der Waals surface area contributed by atoms with Crippen LogP contribution in [-0.2, 0) is 4.74 Å². The van der Waals surface area contributed by atoms with Crippen LogP contribution in [0.15, 0.2) is 24.4 Å². The molecule has 2 atom stereocenters. The summed E-state index contributed by atoms with van der Waals surface area (Å²) in [6.07, 6.45) is 7.41. The minimum absolute atomic E-state index is 0.143. The van der Waals surface area contributed by atoms with Crippen molar-refractivity contribution in [3.63, 3.8) is 0 Å². The van der Waals surface area contributed by atoms with Crippen molar-refractivity contribution in [3.05, 3.63) is 24.4 Å². The topological polar surface area (TPSA) is 70.0 Å². The van der Waals surface area contributed by atoms with E-state index in [0.717, 1.165) is 0 Å². The molecule has 1 heterocycles. The maximum absolute atomic E-state index is 12.2. The Bertz CT molecular complexity index is 368. The van der Waals surface area contributed by atoms with Gasteiger partial charge in [0.1, 0.15) is 0 Å². The molecule has 0 aliphatic carbocycles. The Kier molecular flexibility index (Phi) is 9.33. The van der Waals surface area contributed by atoms with Crippen molar-refractivity contribution < 1.29 is 19.7 Å². The number of allylic oxidation sites excluding steroid dienone is 1.